The van der Waals surface area contributed by atoms with Gasteiger partial charge in [-0.2, -0.15) is 0 Å². The Hall–Kier alpha value is -2.74. The Morgan fingerprint density at radius 2 is 1.93 bits per heavy atom. The summed E-state index contributed by atoms with van der Waals surface area (Å²) in [5, 5.41) is 19.4. The molecule has 0 bridgehead atoms. The number of phenolic OH excluding ortho intramolecular Hbond substituents is 2. The Labute approximate surface area is 158 Å². The molecule has 0 saturated carbocycles. The topological polar surface area (TPSA) is 107 Å². The predicted octanol–water partition coefficient (Wildman–Crippen LogP) is 2.35. The van der Waals surface area contributed by atoms with Crippen molar-refractivity contribution in [3.8, 4) is 11.5 Å². The summed E-state index contributed by atoms with van der Waals surface area (Å²) in [5.74, 6) is -0.739. The first kappa shape index (κ1) is 19.0. The number of carbonyl (C=O) groups is 1. The molecule has 1 unspecified atom stereocenters. The molecule has 7 nitrogen and oxygen atoms in total. The van der Waals surface area contributed by atoms with E-state index in [4.69, 9.17) is 0 Å². The zero-order chi connectivity index (χ0) is 19.8. The van der Waals surface area contributed by atoms with Gasteiger partial charge < -0.3 is 15.1 Å². The van der Waals surface area contributed by atoms with Crippen LogP contribution in [0.5, 0.6) is 11.5 Å². The Morgan fingerprint density at radius 3 is 2.56 bits per heavy atom. The summed E-state index contributed by atoms with van der Waals surface area (Å²) >= 11 is 0. The van der Waals surface area contributed by atoms with E-state index < -0.39 is 10.0 Å². The molecule has 1 heterocycles. The molecule has 1 amide bonds. The van der Waals surface area contributed by atoms with Gasteiger partial charge in [-0.25, -0.2) is 8.42 Å². The molecule has 1 aliphatic rings. The maximum absolute atomic E-state index is 12.0. The number of fused-ring (bicyclic) bond motifs is 1. The highest BCUT2D eigenvalue weighted by Gasteiger charge is 2.29. The van der Waals surface area contributed by atoms with Crippen molar-refractivity contribution in [3.05, 3.63) is 53.1 Å². The summed E-state index contributed by atoms with van der Waals surface area (Å²) in [6.45, 7) is 3.87. The highest BCUT2D eigenvalue weighted by atomic mass is 32.2. The summed E-state index contributed by atoms with van der Waals surface area (Å²) in [4.78, 5) is 13.7. The first-order valence-electron chi connectivity index (χ1n) is 8.61. The number of rotatable bonds is 4. The highest BCUT2D eigenvalue weighted by molar-refractivity contribution is 7.92. The molecule has 0 radical (unpaired) electrons. The molecule has 3 N–H and O–H groups in total. The molecule has 2 aromatic rings. The van der Waals surface area contributed by atoms with Gasteiger partial charge in [0.1, 0.15) is 0 Å². The molecule has 0 aliphatic carbocycles. The lowest BCUT2D eigenvalue weighted by atomic mass is 9.84. The highest BCUT2D eigenvalue weighted by Crippen LogP contribution is 2.38. The number of phenols is 2. The van der Waals surface area contributed by atoms with Gasteiger partial charge in [0.05, 0.1) is 5.75 Å². The van der Waals surface area contributed by atoms with Gasteiger partial charge in [-0.15, -0.1) is 0 Å². The number of hydrogen-bond acceptors (Lipinski definition) is 5. The average Bonchev–Trinajstić information content (AvgIpc) is 2.62. The molecule has 0 saturated heterocycles. The second-order valence-electron chi connectivity index (χ2n) is 6.62. The average molecular weight is 390 g/mol. The Morgan fingerprint density at radius 1 is 1.19 bits per heavy atom. The lowest BCUT2D eigenvalue weighted by Gasteiger charge is -2.35. The van der Waals surface area contributed by atoms with Crippen LogP contribution in [-0.4, -0.2) is 41.7 Å². The fourth-order valence-corrected chi connectivity index (χ4v) is 3.90. The summed E-state index contributed by atoms with van der Waals surface area (Å²) in [7, 11) is -3.40. The molecule has 0 fully saturated rings. The molecule has 0 spiro atoms. The molecule has 1 aliphatic heterocycles. The molecule has 27 heavy (non-hydrogen) atoms. The van der Waals surface area contributed by atoms with Crippen molar-refractivity contribution in [3.63, 3.8) is 0 Å². The second-order valence-corrected chi connectivity index (χ2v) is 8.63. The fourth-order valence-electron chi connectivity index (χ4n) is 3.27. The number of nitrogens with zero attached hydrogens (tertiary/aromatic N) is 1. The minimum absolute atomic E-state index is 0.0287. The second kappa shape index (κ2) is 7.11. The van der Waals surface area contributed by atoms with Gasteiger partial charge >= 0.3 is 0 Å². The van der Waals surface area contributed by atoms with Crippen molar-refractivity contribution < 1.29 is 23.4 Å². The van der Waals surface area contributed by atoms with Crippen LogP contribution < -0.4 is 4.72 Å². The molecule has 8 heteroatoms. The van der Waals surface area contributed by atoms with E-state index in [1.54, 1.807) is 30.0 Å². The Balaban J connectivity index is 2.04. The molecule has 0 aromatic heterocycles. The van der Waals surface area contributed by atoms with E-state index >= 15 is 0 Å². The lowest BCUT2D eigenvalue weighted by molar-refractivity contribution is -0.129. The molecular formula is C19H22N2O5S. The maximum atomic E-state index is 12.0. The zero-order valence-electron chi connectivity index (χ0n) is 15.1. The van der Waals surface area contributed by atoms with Crippen molar-refractivity contribution >= 4 is 21.6 Å². The van der Waals surface area contributed by atoms with Crippen LogP contribution in [0.3, 0.4) is 0 Å². The monoisotopic (exact) mass is 390 g/mol. The van der Waals surface area contributed by atoms with E-state index in [0.29, 0.717) is 18.8 Å². The summed E-state index contributed by atoms with van der Waals surface area (Å²) in [6.07, 6.45) is 0. The van der Waals surface area contributed by atoms with E-state index in [9.17, 15) is 23.4 Å². The minimum Gasteiger partial charge on any atom is -0.504 e. The van der Waals surface area contributed by atoms with E-state index in [0.717, 1.165) is 16.7 Å². The summed E-state index contributed by atoms with van der Waals surface area (Å²) in [6, 6.07) is 9.89. The van der Waals surface area contributed by atoms with E-state index in [2.05, 4.69) is 4.72 Å². The van der Waals surface area contributed by atoms with Gasteiger partial charge in [-0.3, -0.25) is 9.52 Å². The number of benzene rings is 2. The van der Waals surface area contributed by atoms with Crippen molar-refractivity contribution in [1.29, 1.82) is 0 Å². The zero-order valence-corrected chi connectivity index (χ0v) is 16.0. The van der Waals surface area contributed by atoms with Gasteiger partial charge in [0.25, 0.3) is 0 Å². The third kappa shape index (κ3) is 4.00. The molecule has 1 atom stereocenters. The first-order chi connectivity index (χ1) is 12.7. The standard InChI is InChI=1S/C19H22N2O5S/c1-3-27(25,26)20-15-5-6-16-14(8-15)10-21(12(2)22)11-17(16)13-4-7-18(23)19(24)9-13/h4-9,17,20,23-24H,3,10-11H2,1-2H3. The fraction of sp³-hybridized carbons (Fsp3) is 0.316. The number of nitrogens with one attached hydrogen (secondary N) is 1. The van der Waals surface area contributed by atoms with Crippen molar-refractivity contribution in [1.82, 2.24) is 4.90 Å². The molecule has 2 aromatic carbocycles. The number of carbonyl (C=O) groups excluding carboxylic acids is 1. The minimum atomic E-state index is -3.40. The van der Waals surface area contributed by atoms with E-state index in [1.807, 2.05) is 6.07 Å². The SMILES string of the molecule is CCS(=O)(=O)Nc1ccc2c(c1)CN(C(C)=O)CC2c1ccc(O)c(O)c1. The number of amides is 1. The van der Waals surface area contributed by atoms with Gasteiger partial charge in [0, 0.05) is 31.6 Å². The lowest BCUT2D eigenvalue weighted by Crippen LogP contribution is -2.37. The quantitative estimate of drug-likeness (QED) is 0.695. The van der Waals surface area contributed by atoms with Crippen molar-refractivity contribution in [2.75, 3.05) is 17.0 Å². The van der Waals surface area contributed by atoms with Crippen LogP contribution in [0.25, 0.3) is 0 Å². The largest absolute Gasteiger partial charge is 0.504 e. The molecular weight excluding hydrogens is 368 g/mol. The van der Waals surface area contributed by atoms with Crippen LogP contribution in [0.15, 0.2) is 36.4 Å². The van der Waals surface area contributed by atoms with Crippen LogP contribution in [0, 0.1) is 0 Å². The number of sulfonamides is 1. The van der Waals surface area contributed by atoms with Gasteiger partial charge in [0.2, 0.25) is 15.9 Å². The summed E-state index contributed by atoms with van der Waals surface area (Å²) < 4.78 is 26.2. The van der Waals surface area contributed by atoms with Crippen LogP contribution in [0.4, 0.5) is 5.69 Å². The summed E-state index contributed by atoms with van der Waals surface area (Å²) in [5.41, 5.74) is 3.01. The van der Waals surface area contributed by atoms with E-state index in [1.165, 1.54) is 19.1 Å². The van der Waals surface area contributed by atoms with Gasteiger partial charge in [-0.05, 0) is 47.9 Å². The van der Waals surface area contributed by atoms with Crippen molar-refractivity contribution in [2.24, 2.45) is 0 Å². The van der Waals surface area contributed by atoms with Gasteiger partial charge in [0.15, 0.2) is 11.5 Å². The molecule has 144 valence electrons. The third-order valence-electron chi connectivity index (χ3n) is 4.78. The predicted molar refractivity (Wildman–Crippen MR) is 102 cm³/mol. The van der Waals surface area contributed by atoms with E-state index in [-0.39, 0.29) is 29.1 Å². The van der Waals surface area contributed by atoms with Gasteiger partial charge in [-0.1, -0.05) is 12.1 Å². The maximum Gasteiger partial charge on any atom is 0.232 e. The Kier molecular flexibility index (Phi) is 5.01. The number of anilines is 1. The van der Waals surface area contributed by atoms with Crippen LogP contribution in [-0.2, 0) is 21.4 Å². The molecule has 3 rings (SSSR count). The van der Waals surface area contributed by atoms with Crippen LogP contribution in [0.1, 0.15) is 36.5 Å². The van der Waals surface area contributed by atoms with Crippen LogP contribution in [0.2, 0.25) is 0 Å². The number of hydrogen-bond donors (Lipinski definition) is 3. The third-order valence-corrected chi connectivity index (χ3v) is 6.09. The first-order valence-corrected chi connectivity index (χ1v) is 10.3. The Bertz CT molecular complexity index is 988. The normalized spacial score (nSPS) is 16.7. The van der Waals surface area contributed by atoms with Crippen LogP contribution >= 0.6 is 0 Å². The smallest absolute Gasteiger partial charge is 0.232 e. The number of aromatic hydroxyl groups is 2. The van der Waals surface area contributed by atoms with Crippen molar-refractivity contribution in [2.45, 2.75) is 26.3 Å².